The molecular formula is C8H14N4O2. The molecule has 0 aliphatic carbocycles. The lowest BCUT2D eigenvalue weighted by atomic mass is 10.1. The summed E-state index contributed by atoms with van der Waals surface area (Å²) in [5.41, 5.74) is 10.8. The van der Waals surface area contributed by atoms with Crippen LogP contribution in [0.2, 0.25) is 0 Å². The first-order valence-corrected chi connectivity index (χ1v) is 4.67. The highest BCUT2D eigenvalue weighted by Gasteiger charge is 2.22. The zero-order chi connectivity index (χ0) is 9.97. The summed E-state index contributed by atoms with van der Waals surface area (Å²) in [6.45, 7) is 1.30. The van der Waals surface area contributed by atoms with E-state index in [0.717, 1.165) is 12.8 Å². The number of ether oxygens (including phenoxy) is 2. The molecule has 6 heteroatoms. The Kier molecular flexibility index (Phi) is 2.43. The van der Waals surface area contributed by atoms with Gasteiger partial charge in [-0.1, -0.05) is 0 Å². The lowest BCUT2D eigenvalue weighted by Gasteiger charge is -2.13. The highest BCUT2D eigenvalue weighted by atomic mass is 16.5. The van der Waals surface area contributed by atoms with Gasteiger partial charge in [0, 0.05) is 0 Å². The molecule has 2 atom stereocenters. The van der Waals surface area contributed by atoms with E-state index in [-0.39, 0.29) is 24.3 Å². The van der Waals surface area contributed by atoms with Crippen LogP contribution < -0.4 is 11.5 Å². The first-order valence-electron chi connectivity index (χ1n) is 4.67. The molecule has 78 valence electrons. The summed E-state index contributed by atoms with van der Waals surface area (Å²) < 4.78 is 10.5. The van der Waals surface area contributed by atoms with Crippen LogP contribution in [0.3, 0.4) is 0 Å². The van der Waals surface area contributed by atoms with Gasteiger partial charge in [0.05, 0.1) is 13.1 Å². The smallest absolute Gasteiger partial charge is 0.282 e. The second-order valence-corrected chi connectivity index (χ2v) is 3.41. The maximum absolute atomic E-state index is 5.38. The number of nitrogens with zero attached hydrogens (tertiary/aromatic N) is 2. The Labute approximate surface area is 82.0 Å². The van der Waals surface area contributed by atoms with Gasteiger partial charge in [0.15, 0.2) is 0 Å². The van der Waals surface area contributed by atoms with Crippen molar-refractivity contribution >= 4 is 12.0 Å². The van der Waals surface area contributed by atoms with Crippen molar-refractivity contribution in [1.82, 2.24) is 0 Å². The van der Waals surface area contributed by atoms with E-state index in [4.69, 9.17) is 20.9 Å². The Balaban J connectivity index is 1.65. The van der Waals surface area contributed by atoms with Gasteiger partial charge < -0.3 is 20.9 Å². The molecule has 14 heavy (non-hydrogen) atoms. The number of rotatable bonds is 3. The number of aliphatic imine (C=N–C) groups is 2. The van der Waals surface area contributed by atoms with Gasteiger partial charge in [0.2, 0.25) is 0 Å². The summed E-state index contributed by atoms with van der Waals surface area (Å²) in [5.74, 6) is 0. The molecule has 4 N–H and O–H groups in total. The van der Waals surface area contributed by atoms with Crippen LogP contribution in [0.4, 0.5) is 0 Å². The Morgan fingerprint density at radius 2 is 1.43 bits per heavy atom. The third kappa shape index (κ3) is 2.07. The lowest BCUT2D eigenvalue weighted by molar-refractivity contribution is 0.158. The first-order chi connectivity index (χ1) is 6.74. The van der Waals surface area contributed by atoms with Gasteiger partial charge in [-0.25, -0.2) is 9.98 Å². The lowest BCUT2D eigenvalue weighted by Crippen LogP contribution is -2.22. The molecule has 0 bridgehead atoms. The van der Waals surface area contributed by atoms with Crippen molar-refractivity contribution in [3.05, 3.63) is 0 Å². The Morgan fingerprint density at radius 1 is 1.00 bits per heavy atom. The van der Waals surface area contributed by atoms with Crippen LogP contribution in [0.25, 0.3) is 0 Å². The summed E-state index contributed by atoms with van der Waals surface area (Å²) in [7, 11) is 0. The minimum absolute atomic E-state index is 0.0976. The summed E-state index contributed by atoms with van der Waals surface area (Å²) in [6.07, 6.45) is 1.94. The molecule has 0 saturated carbocycles. The van der Waals surface area contributed by atoms with E-state index in [0.29, 0.717) is 13.1 Å². The minimum atomic E-state index is 0.0976. The maximum Gasteiger partial charge on any atom is 0.282 e. The number of nitrogens with two attached hydrogens (primary N) is 2. The second kappa shape index (κ2) is 3.73. The van der Waals surface area contributed by atoms with Crippen LogP contribution in [-0.2, 0) is 9.47 Å². The molecule has 2 rings (SSSR count). The van der Waals surface area contributed by atoms with Gasteiger partial charge in [-0.3, -0.25) is 0 Å². The van der Waals surface area contributed by atoms with E-state index in [9.17, 15) is 0 Å². The van der Waals surface area contributed by atoms with Crippen LogP contribution in [0.1, 0.15) is 12.8 Å². The SMILES string of the molecule is NC1=NCC(CCC2CN=C(N)O2)O1. The quantitative estimate of drug-likeness (QED) is 0.620. The predicted octanol–water partition coefficient (Wildman–Crippen LogP) is -0.806. The number of amidine groups is 2. The standard InChI is InChI=1S/C8H14N4O2/c9-7-11-3-5(13-7)1-2-6-4-12-8(10)14-6/h5-6H,1-4H2,(H2,9,11)(H2,10,12). The minimum Gasteiger partial charge on any atom is -0.460 e. The molecule has 0 radical (unpaired) electrons. The summed E-state index contributed by atoms with van der Waals surface area (Å²) >= 11 is 0. The van der Waals surface area contributed by atoms with E-state index < -0.39 is 0 Å². The van der Waals surface area contributed by atoms with Crippen molar-refractivity contribution in [3.8, 4) is 0 Å². The zero-order valence-corrected chi connectivity index (χ0v) is 7.85. The molecule has 2 aliphatic heterocycles. The number of hydrogen-bond donors (Lipinski definition) is 2. The Morgan fingerprint density at radius 3 is 1.71 bits per heavy atom. The topological polar surface area (TPSA) is 95.2 Å². The molecule has 0 saturated heterocycles. The Hall–Kier alpha value is -1.46. The van der Waals surface area contributed by atoms with Crippen LogP contribution in [0, 0.1) is 0 Å². The van der Waals surface area contributed by atoms with Crippen LogP contribution in [0.5, 0.6) is 0 Å². The van der Waals surface area contributed by atoms with Crippen LogP contribution >= 0.6 is 0 Å². The van der Waals surface area contributed by atoms with E-state index in [1.807, 2.05) is 0 Å². The monoisotopic (exact) mass is 198 g/mol. The molecule has 0 aromatic heterocycles. The van der Waals surface area contributed by atoms with Crippen molar-refractivity contribution in [3.63, 3.8) is 0 Å². The number of hydrogen-bond acceptors (Lipinski definition) is 6. The van der Waals surface area contributed by atoms with Crippen molar-refractivity contribution in [1.29, 1.82) is 0 Å². The second-order valence-electron chi connectivity index (χ2n) is 3.41. The van der Waals surface area contributed by atoms with Crippen molar-refractivity contribution in [2.24, 2.45) is 21.5 Å². The van der Waals surface area contributed by atoms with Gasteiger partial charge >= 0.3 is 0 Å². The highest BCUT2D eigenvalue weighted by Crippen LogP contribution is 2.14. The van der Waals surface area contributed by atoms with E-state index >= 15 is 0 Å². The molecule has 6 nitrogen and oxygen atoms in total. The third-order valence-corrected chi connectivity index (χ3v) is 2.29. The molecule has 2 unspecified atom stereocenters. The van der Waals surface area contributed by atoms with Gasteiger partial charge in [0.1, 0.15) is 12.2 Å². The predicted molar refractivity (Wildman–Crippen MR) is 52.0 cm³/mol. The zero-order valence-electron chi connectivity index (χ0n) is 7.85. The summed E-state index contributed by atoms with van der Waals surface area (Å²) in [4.78, 5) is 7.91. The van der Waals surface area contributed by atoms with Crippen LogP contribution in [-0.4, -0.2) is 37.3 Å². The average molecular weight is 198 g/mol. The van der Waals surface area contributed by atoms with Gasteiger partial charge in [-0.15, -0.1) is 0 Å². The van der Waals surface area contributed by atoms with Crippen molar-refractivity contribution in [2.75, 3.05) is 13.1 Å². The summed E-state index contributed by atoms with van der Waals surface area (Å²) in [5, 5.41) is 0. The van der Waals surface area contributed by atoms with E-state index in [1.165, 1.54) is 0 Å². The largest absolute Gasteiger partial charge is 0.460 e. The normalized spacial score (nSPS) is 30.6. The molecule has 2 heterocycles. The molecule has 0 amide bonds. The van der Waals surface area contributed by atoms with Crippen molar-refractivity contribution < 1.29 is 9.47 Å². The van der Waals surface area contributed by atoms with Crippen molar-refractivity contribution in [2.45, 2.75) is 25.0 Å². The molecule has 0 fully saturated rings. The summed E-state index contributed by atoms with van der Waals surface area (Å²) in [6, 6.07) is 0.580. The van der Waals surface area contributed by atoms with Crippen LogP contribution in [0.15, 0.2) is 9.98 Å². The van der Waals surface area contributed by atoms with Gasteiger partial charge in [0.25, 0.3) is 12.0 Å². The average Bonchev–Trinajstić information content (AvgIpc) is 2.72. The molecule has 0 aromatic carbocycles. The van der Waals surface area contributed by atoms with Gasteiger partial charge in [-0.2, -0.15) is 0 Å². The fraction of sp³-hybridized carbons (Fsp3) is 0.750. The maximum atomic E-state index is 5.38. The van der Waals surface area contributed by atoms with E-state index in [1.54, 1.807) is 0 Å². The molecular weight excluding hydrogens is 184 g/mol. The van der Waals surface area contributed by atoms with E-state index in [2.05, 4.69) is 9.98 Å². The molecule has 0 aromatic rings. The highest BCUT2D eigenvalue weighted by molar-refractivity contribution is 5.73. The fourth-order valence-electron chi connectivity index (χ4n) is 1.55. The molecule has 2 aliphatic rings. The first kappa shape index (κ1) is 9.11. The van der Waals surface area contributed by atoms with Gasteiger partial charge in [-0.05, 0) is 12.8 Å². The Bertz CT molecular complexity index is 249. The molecule has 0 spiro atoms. The fourth-order valence-corrected chi connectivity index (χ4v) is 1.55. The third-order valence-electron chi connectivity index (χ3n) is 2.29.